The van der Waals surface area contributed by atoms with Crippen LogP contribution in [0.25, 0.3) is 0 Å². The summed E-state index contributed by atoms with van der Waals surface area (Å²) >= 11 is 0. The molecule has 0 saturated heterocycles. The van der Waals surface area contributed by atoms with Gasteiger partial charge in [-0.05, 0) is 30.2 Å². The van der Waals surface area contributed by atoms with E-state index in [1.807, 2.05) is 19.0 Å². The third kappa shape index (κ3) is 4.24. The molecule has 7 heteroatoms. The van der Waals surface area contributed by atoms with Crippen LogP contribution in [0.1, 0.15) is 17.0 Å². The predicted molar refractivity (Wildman–Crippen MR) is 98.2 cm³/mol. The first-order valence-electron chi connectivity index (χ1n) is 7.94. The summed E-state index contributed by atoms with van der Waals surface area (Å²) < 4.78 is 1.77. The molecule has 0 aliphatic heterocycles. The molecule has 0 atom stereocenters. The van der Waals surface area contributed by atoms with Crippen molar-refractivity contribution in [2.24, 2.45) is 12.0 Å². The molecule has 0 radical (unpaired) electrons. The fourth-order valence-corrected chi connectivity index (χ4v) is 2.47. The fraction of sp³-hybridized carbons (Fsp3) is 0.471. The van der Waals surface area contributed by atoms with E-state index >= 15 is 0 Å². The van der Waals surface area contributed by atoms with Gasteiger partial charge in [0.05, 0.1) is 6.54 Å². The average Bonchev–Trinajstić information content (AvgIpc) is 2.94. The molecular formula is C17H27N7. The Kier molecular flexibility index (Phi) is 5.78. The lowest BCUT2D eigenvalue weighted by atomic mass is 10.1. The van der Waals surface area contributed by atoms with Crippen molar-refractivity contribution >= 4 is 11.6 Å². The van der Waals surface area contributed by atoms with E-state index in [0.717, 1.165) is 18.3 Å². The second-order valence-corrected chi connectivity index (χ2v) is 6.06. The van der Waals surface area contributed by atoms with Crippen LogP contribution in [0.15, 0.2) is 29.5 Å². The Hall–Kier alpha value is -2.57. The lowest BCUT2D eigenvalue weighted by molar-refractivity contribution is 0.448. The minimum absolute atomic E-state index is 0.648. The van der Waals surface area contributed by atoms with Crippen LogP contribution in [0.3, 0.4) is 0 Å². The molecule has 0 fully saturated rings. The molecule has 0 spiro atoms. The van der Waals surface area contributed by atoms with Crippen LogP contribution in [0.5, 0.6) is 0 Å². The summed E-state index contributed by atoms with van der Waals surface area (Å²) in [5.74, 6) is 1.72. The molecule has 1 aromatic carbocycles. The SMILES string of the molecule is CN=C(NCc1ccc(N(C)C)cc1C)N(C)Cc1ncnn1C. The normalized spacial score (nSPS) is 11.5. The molecule has 0 bridgehead atoms. The zero-order chi connectivity index (χ0) is 17.7. The van der Waals surface area contributed by atoms with E-state index < -0.39 is 0 Å². The number of anilines is 1. The minimum Gasteiger partial charge on any atom is -0.378 e. The number of hydrogen-bond donors (Lipinski definition) is 1. The second-order valence-electron chi connectivity index (χ2n) is 6.06. The summed E-state index contributed by atoms with van der Waals surface area (Å²) in [7, 11) is 9.78. The van der Waals surface area contributed by atoms with Crippen LogP contribution in [-0.4, -0.2) is 53.8 Å². The van der Waals surface area contributed by atoms with Gasteiger partial charge in [0.15, 0.2) is 5.96 Å². The van der Waals surface area contributed by atoms with Gasteiger partial charge in [0.1, 0.15) is 12.2 Å². The molecule has 130 valence electrons. The molecule has 2 aromatic rings. The number of rotatable bonds is 5. The Balaban J connectivity index is 2.00. The third-order valence-electron chi connectivity index (χ3n) is 4.04. The summed E-state index contributed by atoms with van der Waals surface area (Å²) in [5.41, 5.74) is 3.73. The van der Waals surface area contributed by atoms with Gasteiger partial charge in [0, 0.05) is 47.5 Å². The van der Waals surface area contributed by atoms with Gasteiger partial charge in [-0.3, -0.25) is 9.67 Å². The van der Waals surface area contributed by atoms with Crippen LogP contribution in [0, 0.1) is 6.92 Å². The van der Waals surface area contributed by atoms with Crippen LogP contribution >= 0.6 is 0 Å². The molecule has 0 saturated carbocycles. The van der Waals surface area contributed by atoms with Gasteiger partial charge in [-0.25, -0.2) is 4.98 Å². The van der Waals surface area contributed by atoms with Crippen molar-refractivity contribution in [3.63, 3.8) is 0 Å². The summed E-state index contributed by atoms with van der Waals surface area (Å²) in [6.07, 6.45) is 1.56. The van der Waals surface area contributed by atoms with Crippen LogP contribution in [0.2, 0.25) is 0 Å². The van der Waals surface area contributed by atoms with Crippen molar-refractivity contribution in [1.29, 1.82) is 0 Å². The Labute approximate surface area is 144 Å². The molecule has 1 N–H and O–H groups in total. The summed E-state index contributed by atoms with van der Waals surface area (Å²) in [5, 5.41) is 7.51. The molecule has 7 nitrogen and oxygen atoms in total. The van der Waals surface area contributed by atoms with E-state index in [9.17, 15) is 0 Å². The van der Waals surface area contributed by atoms with Gasteiger partial charge in [-0.2, -0.15) is 5.10 Å². The number of nitrogens with one attached hydrogen (secondary N) is 1. The topological polar surface area (TPSA) is 61.6 Å². The first-order chi connectivity index (χ1) is 11.4. The first kappa shape index (κ1) is 17.8. The first-order valence-corrected chi connectivity index (χ1v) is 7.94. The maximum absolute atomic E-state index is 4.35. The maximum atomic E-state index is 4.35. The standard InChI is InChI=1S/C17H27N7/c1-13-9-15(22(3)4)8-7-14(13)10-19-17(18-2)23(5)11-16-20-12-21-24(16)6/h7-9,12H,10-11H2,1-6H3,(H,18,19). The minimum atomic E-state index is 0.648. The number of benzene rings is 1. The Morgan fingerprint density at radius 3 is 2.58 bits per heavy atom. The summed E-state index contributed by atoms with van der Waals surface area (Å²) in [6.45, 7) is 3.51. The molecule has 24 heavy (non-hydrogen) atoms. The number of aryl methyl sites for hydroxylation is 2. The highest BCUT2D eigenvalue weighted by atomic mass is 15.4. The molecule has 0 unspecified atom stereocenters. The fourth-order valence-electron chi connectivity index (χ4n) is 2.47. The lowest BCUT2D eigenvalue weighted by Crippen LogP contribution is -2.38. The zero-order valence-electron chi connectivity index (χ0n) is 15.4. The highest BCUT2D eigenvalue weighted by molar-refractivity contribution is 5.79. The van der Waals surface area contributed by atoms with Gasteiger partial charge in [0.2, 0.25) is 0 Å². The molecule has 1 heterocycles. The maximum Gasteiger partial charge on any atom is 0.194 e. The van der Waals surface area contributed by atoms with Gasteiger partial charge >= 0.3 is 0 Å². The Bertz CT molecular complexity index is 703. The molecule has 0 amide bonds. The number of guanidine groups is 1. The van der Waals surface area contributed by atoms with Gasteiger partial charge < -0.3 is 15.1 Å². The quantitative estimate of drug-likeness (QED) is 0.664. The van der Waals surface area contributed by atoms with Crippen molar-refractivity contribution in [3.8, 4) is 0 Å². The smallest absolute Gasteiger partial charge is 0.194 e. The van der Waals surface area contributed by atoms with Crippen molar-refractivity contribution in [1.82, 2.24) is 25.0 Å². The van der Waals surface area contributed by atoms with Gasteiger partial charge in [-0.1, -0.05) is 6.07 Å². The monoisotopic (exact) mass is 329 g/mol. The average molecular weight is 329 g/mol. The highest BCUT2D eigenvalue weighted by Gasteiger charge is 2.10. The van der Waals surface area contributed by atoms with E-state index in [0.29, 0.717) is 6.54 Å². The molecule has 1 aromatic heterocycles. The summed E-state index contributed by atoms with van der Waals surface area (Å²) in [6, 6.07) is 6.49. The van der Waals surface area contributed by atoms with Crippen molar-refractivity contribution in [3.05, 3.63) is 41.5 Å². The van der Waals surface area contributed by atoms with Crippen LogP contribution in [-0.2, 0) is 20.1 Å². The highest BCUT2D eigenvalue weighted by Crippen LogP contribution is 2.17. The van der Waals surface area contributed by atoms with Crippen molar-refractivity contribution in [2.45, 2.75) is 20.0 Å². The third-order valence-corrected chi connectivity index (χ3v) is 4.04. The molecule has 0 aliphatic carbocycles. The predicted octanol–water partition coefficient (Wildman–Crippen LogP) is 1.40. The zero-order valence-corrected chi connectivity index (χ0v) is 15.4. The van der Waals surface area contributed by atoms with Gasteiger partial charge in [-0.15, -0.1) is 0 Å². The van der Waals surface area contributed by atoms with E-state index in [4.69, 9.17) is 0 Å². The van der Waals surface area contributed by atoms with E-state index in [-0.39, 0.29) is 0 Å². The van der Waals surface area contributed by atoms with Gasteiger partial charge in [0.25, 0.3) is 0 Å². The summed E-state index contributed by atoms with van der Waals surface area (Å²) in [4.78, 5) is 12.8. The van der Waals surface area contributed by atoms with Crippen molar-refractivity contribution in [2.75, 3.05) is 33.1 Å². The van der Waals surface area contributed by atoms with E-state index in [1.54, 1.807) is 18.1 Å². The number of aromatic nitrogens is 3. The number of aliphatic imine (C=N–C) groups is 1. The lowest BCUT2D eigenvalue weighted by Gasteiger charge is -2.22. The van der Waals surface area contributed by atoms with E-state index in [2.05, 4.69) is 64.5 Å². The number of hydrogen-bond acceptors (Lipinski definition) is 4. The largest absolute Gasteiger partial charge is 0.378 e. The van der Waals surface area contributed by atoms with Crippen LogP contribution in [0.4, 0.5) is 5.69 Å². The Morgan fingerprint density at radius 2 is 2.04 bits per heavy atom. The second kappa shape index (κ2) is 7.81. The Morgan fingerprint density at radius 1 is 1.29 bits per heavy atom. The molecular weight excluding hydrogens is 302 g/mol. The van der Waals surface area contributed by atoms with E-state index in [1.165, 1.54) is 16.8 Å². The number of nitrogens with zero attached hydrogens (tertiary/aromatic N) is 6. The van der Waals surface area contributed by atoms with Crippen molar-refractivity contribution < 1.29 is 0 Å². The molecule has 2 rings (SSSR count). The van der Waals surface area contributed by atoms with Crippen LogP contribution < -0.4 is 10.2 Å². The molecule has 0 aliphatic rings.